The molecule has 0 aromatic carbocycles. The maximum absolute atomic E-state index is 12.4. The predicted octanol–water partition coefficient (Wildman–Crippen LogP) is 1.26. The van der Waals surface area contributed by atoms with Crippen molar-refractivity contribution in [1.29, 1.82) is 0 Å². The summed E-state index contributed by atoms with van der Waals surface area (Å²) in [6, 6.07) is 5.67. The molecule has 0 aliphatic heterocycles. The van der Waals surface area contributed by atoms with Crippen molar-refractivity contribution >= 4 is 5.91 Å². The first-order valence-electron chi connectivity index (χ1n) is 7.71. The molecular formula is C16H21N5O. The summed E-state index contributed by atoms with van der Waals surface area (Å²) < 4.78 is 1.71. The van der Waals surface area contributed by atoms with Gasteiger partial charge in [-0.05, 0) is 37.4 Å². The Balaban J connectivity index is 1.68. The van der Waals surface area contributed by atoms with Gasteiger partial charge in [0.25, 0.3) is 0 Å². The molecule has 6 heteroatoms. The Morgan fingerprint density at radius 2 is 2.27 bits per heavy atom. The largest absolute Gasteiger partial charge is 0.352 e. The maximum atomic E-state index is 12.4. The summed E-state index contributed by atoms with van der Waals surface area (Å²) >= 11 is 0. The Morgan fingerprint density at radius 1 is 1.36 bits per heavy atom. The second-order valence-electron chi connectivity index (χ2n) is 5.69. The van der Waals surface area contributed by atoms with E-state index in [2.05, 4.69) is 15.4 Å². The SMILES string of the molecule is NC[C@H]1CCC[C@H]1C(=O)NCc1cccnc1-n1cccn1. The van der Waals surface area contributed by atoms with E-state index in [9.17, 15) is 4.79 Å². The van der Waals surface area contributed by atoms with Crippen LogP contribution in [0.2, 0.25) is 0 Å². The Hall–Kier alpha value is -2.21. The second kappa shape index (κ2) is 6.70. The van der Waals surface area contributed by atoms with E-state index in [0.717, 1.165) is 30.6 Å². The fraction of sp³-hybridized carbons (Fsp3) is 0.438. The van der Waals surface area contributed by atoms with Crippen molar-refractivity contribution in [3.63, 3.8) is 0 Å². The first-order valence-corrected chi connectivity index (χ1v) is 7.71. The van der Waals surface area contributed by atoms with Crippen LogP contribution in [-0.4, -0.2) is 27.2 Å². The number of nitrogens with one attached hydrogen (secondary N) is 1. The topological polar surface area (TPSA) is 85.8 Å². The highest BCUT2D eigenvalue weighted by atomic mass is 16.1. The van der Waals surface area contributed by atoms with Crippen molar-refractivity contribution in [2.75, 3.05) is 6.54 Å². The van der Waals surface area contributed by atoms with Gasteiger partial charge < -0.3 is 11.1 Å². The molecule has 0 radical (unpaired) electrons. The number of nitrogens with two attached hydrogens (primary N) is 1. The Kier molecular flexibility index (Phi) is 4.48. The van der Waals surface area contributed by atoms with E-state index in [4.69, 9.17) is 5.73 Å². The van der Waals surface area contributed by atoms with Crippen LogP contribution < -0.4 is 11.1 Å². The van der Waals surface area contributed by atoms with Gasteiger partial charge in [-0.15, -0.1) is 0 Å². The average molecular weight is 299 g/mol. The fourth-order valence-corrected chi connectivity index (χ4v) is 3.15. The summed E-state index contributed by atoms with van der Waals surface area (Å²) in [5.74, 6) is 1.21. The van der Waals surface area contributed by atoms with Crippen LogP contribution in [0.4, 0.5) is 0 Å². The predicted molar refractivity (Wildman–Crippen MR) is 83.1 cm³/mol. The second-order valence-corrected chi connectivity index (χ2v) is 5.69. The van der Waals surface area contributed by atoms with Crippen LogP contribution in [0.15, 0.2) is 36.8 Å². The molecular weight excluding hydrogens is 278 g/mol. The highest BCUT2D eigenvalue weighted by Crippen LogP contribution is 2.31. The van der Waals surface area contributed by atoms with E-state index in [0.29, 0.717) is 19.0 Å². The molecule has 2 aromatic rings. The molecule has 0 unspecified atom stereocenters. The normalized spacial score (nSPS) is 21.0. The molecule has 2 heterocycles. The van der Waals surface area contributed by atoms with Crippen LogP contribution in [0.5, 0.6) is 0 Å². The van der Waals surface area contributed by atoms with Gasteiger partial charge in [0.05, 0.1) is 0 Å². The standard InChI is InChI=1S/C16H21N5O/c17-10-12-4-1-6-14(12)16(22)19-11-13-5-2-7-18-15(13)21-9-3-8-20-21/h2-3,5,7-9,12,14H,1,4,6,10-11,17H2,(H,19,22)/t12-,14-/m1/s1. The van der Waals surface area contributed by atoms with E-state index in [1.165, 1.54) is 0 Å². The van der Waals surface area contributed by atoms with Gasteiger partial charge in [0.1, 0.15) is 0 Å². The van der Waals surface area contributed by atoms with Crippen molar-refractivity contribution in [1.82, 2.24) is 20.1 Å². The van der Waals surface area contributed by atoms with Gasteiger partial charge in [-0.1, -0.05) is 12.5 Å². The highest BCUT2D eigenvalue weighted by molar-refractivity contribution is 5.79. The molecule has 1 aliphatic carbocycles. The number of hydrogen-bond donors (Lipinski definition) is 2. The van der Waals surface area contributed by atoms with Gasteiger partial charge in [0.15, 0.2) is 5.82 Å². The van der Waals surface area contributed by atoms with Crippen molar-refractivity contribution in [2.24, 2.45) is 17.6 Å². The lowest BCUT2D eigenvalue weighted by molar-refractivity contribution is -0.126. The molecule has 1 amide bonds. The molecule has 0 saturated heterocycles. The summed E-state index contributed by atoms with van der Waals surface area (Å²) in [5, 5.41) is 7.23. The zero-order valence-electron chi connectivity index (χ0n) is 12.5. The highest BCUT2D eigenvalue weighted by Gasteiger charge is 2.31. The average Bonchev–Trinajstić information content (AvgIpc) is 3.23. The molecule has 1 aliphatic rings. The van der Waals surface area contributed by atoms with E-state index in [-0.39, 0.29) is 11.8 Å². The van der Waals surface area contributed by atoms with Gasteiger partial charge in [-0.2, -0.15) is 5.10 Å². The minimum absolute atomic E-state index is 0.0508. The summed E-state index contributed by atoms with van der Waals surface area (Å²) in [5.41, 5.74) is 6.70. The molecule has 3 N–H and O–H groups in total. The molecule has 6 nitrogen and oxygen atoms in total. The van der Waals surface area contributed by atoms with Crippen molar-refractivity contribution in [3.05, 3.63) is 42.4 Å². The first-order chi connectivity index (χ1) is 10.8. The maximum Gasteiger partial charge on any atom is 0.223 e. The van der Waals surface area contributed by atoms with Crippen molar-refractivity contribution in [3.8, 4) is 5.82 Å². The van der Waals surface area contributed by atoms with Crippen LogP contribution in [0.25, 0.3) is 5.82 Å². The Bertz CT molecular complexity index is 625. The molecule has 1 fully saturated rings. The molecule has 3 rings (SSSR count). The minimum Gasteiger partial charge on any atom is -0.352 e. The zero-order valence-corrected chi connectivity index (χ0v) is 12.5. The summed E-state index contributed by atoms with van der Waals surface area (Å²) in [4.78, 5) is 16.7. The molecule has 2 atom stereocenters. The van der Waals surface area contributed by atoms with E-state index >= 15 is 0 Å². The lowest BCUT2D eigenvalue weighted by Crippen LogP contribution is -2.34. The van der Waals surface area contributed by atoms with Crippen LogP contribution in [-0.2, 0) is 11.3 Å². The van der Waals surface area contributed by atoms with E-state index < -0.39 is 0 Å². The molecule has 22 heavy (non-hydrogen) atoms. The summed E-state index contributed by atoms with van der Waals surface area (Å²) in [6.45, 7) is 1.04. The zero-order chi connectivity index (χ0) is 15.4. The van der Waals surface area contributed by atoms with E-state index in [1.807, 2.05) is 24.4 Å². The lowest BCUT2D eigenvalue weighted by Gasteiger charge is -2.18. The monoisotopic (exact) mass is 299 g/mol. The third-order valence-corrected chi connectivity index (χ3v) is 4.34. The first kappa shape index (κ1) is 14.7. The van der Waals surface area contributed by atoms with Crippen molar-refractivity contribution < 1.29 is 4.79 Å². The smallest absolute Gasteiger partial charge is 0.223 e. The number of hydrogen-bond acceptors (Lipinski definition) is 4. The van der Waals surface area contributed by atoms with Gasteiger partial charge in [0.2, 0.25) is 5.91 Å². The lowest BCUT2D eigenvalue weighted by atomic mass is 9.95. The Morgan fingerprint density at radius 3 is 3.05 bits per heavy atom. The van der Waals surface area contributed by atoms with Crippen LogP contribution >= 0.6 is 0 Å². The number of carbonyl (C=O) groups excluding carboxylic acids is 1. The third kappa shape index (κ3) is 3.01. The van der Waals surface area contributed by atoms with Gasteiger partial charge in [-0.25, -0.2) is 9.67 Å². The van der Waals surface area contributed by atoms with Gasteiger partial charge in [-0.3, -0.25) is 4.79 Å². The van der Waals surface area contributed by atoms with Crippen LogP contribution in [0.3, 0.4) is 0 Å². The summed E-state index contributed by atoms with van der Waals surface area (Å²) in [7, 11) is 0. The molecule has 0 spiro atoms. The number of pyridine rings is 1. The molecule has 1 saturated carbocycles. The van der Waals surface area contributed by atoms with Crippen LogP contribution in [0.1, 0.15) is 24.8 Å². The Labute approximate surface area is 129 Å². The number of aromatic nitrogens is 3. The van der Waals surface area contributed by atoms with Gasteiger partial charge >= 0.3 is 0 Å². The number of nitrogens with zero attached hydrogens (tertiary/aromatic N) is 3. The number of rotatable bonds is 5. The quantitative estimate of drug-likeness (QED) is 0.870. The summed E-state index contributed by atoms with van der Waals surface area (Å²) in [6.07, 6.45) is 8.36. The minimum atomic E-state index is 0.0508. The molecule has 2 aromatic heterocycles. The van der Waals surface area contributed by atoms with E-state index in [1.54, 1.807) is 17.1 Å². The van der Waals surface area contributed by atoms with Gasteiger partial charge in [0, 0.05) is 36.6 Å². The molecule has 0 bridgehead atoms. The van der Waals surface area contributed by atoms with Crippen molar-refractivity contribution in [2.45, 2.75) is 25.8 Å². The number of carbonyl (C=O) groups is 1. The fourth-order valence-electron chi connectivity index (χ4n) is 3.15. The molecule has 116 valence electrons. The third-order valence-electron chi connectivity index (χ3n) is 4.34. The number of amides is 1. The van der Waals surface area contributed by atoms with Crippen LogP contribution in [0, 0.1) is 11.8 Å².